The van der Waals surface area contributed by atoms with Crippen LogP contribution in [-0.4, -0.2) is 51.2 Å². The molecule has 10 heteroatoms. The second-order valence-electron chi connectivity index (χ2n) is 6.68. The van der Waals surface area contributed by atoms with E-state index in [9.17, 15) is 18.0 Å². The van der Waals surface area contributed by atoms with Crippen LogP contribution in [0.1, 0.15) is 16.8 Å². The van der Waals surface area contributed by atoms with Crippen LogP contribution in [0.3, 0.4) is 0 Å². The van der Waals surface area contributed by atoms with Crippen LogP contribution in [-0.2, 0) is 14.8 Å². The first-order valence-corrected chi connectivity index (χ1v) is 10.4. The summed E-state index contributed by atoms with van der Waals surface area (Å²) in [4.78, 5) is 24.8. The molecular weight excluding hydrogens is 400 g/mol. The van der Waals surface area contributed by atoms with Crippen molar-refractivity contribution in [2.75, 3.05) is 24.7 Å². The minimum atomic E-state index is -3.90. The highest BCUT2D eigenvalue weighted by molar-refractivity contribution is 7.89. The van der Waals surface area contributed by atoms with Crippen molar-refractivity contribution in [1.82, 2.24) is 4.72 Å². The first-order chi connectivity index (χ1) is 13.8. The number of benzene rings is 2. The van der Waals surface area contributed by atoms with Gasteiger partial charge >= 0.3 is 5.97 Å². The van der Waals surface area contributed by atoms with Gasteiger partial charge in [-0.15, -0.1) is 0 Å². The summed E-state index contributed by atoms with van der Waals surface area (Å²) in [6.07, 6.45) is 0.0148. The Hall–Kier alpha value is -3.11. The summed E-state index contributed by atoms with van der Waals surface area (Å²) < 4.78 is 38.7. The van der Waals surface area contributed by atoms with Crippen molar-refractivity contribution in [3.8, 4) is 11.5 Å². The smallest absolute Gasteiger partial charge is 0.335 e. The zero-order valence-corrected chi connectivity index (χ0v) is 16.0. The summed E-state index contributed by atoms with van der Waals surface area (Å²) in [5, 5.41) is 8.92. The van der Waals surface area contributed by atoms with Gasteiger partial charge in [0, 0.05) is 30.8 Å². The van der Waals surface area contributed by atoms with E-state index >= 15 is 0 Å². The van der Waals surface area contributed by atoms with Crippen molar-refractivity contribution in [1.29, 1.82) is 0 Å². The van der Waals surface area contributed by atoms with Crippen LogP contribution in [0.2, 0.25) is 0 Å². The van der Waals surface area contributed by atoms with E-state index in [2.05, 4.69) is 4.72 Å². The van der Waals surface area contributed by atoms with Crippen LogP contribution in [0.5, 0.6) is 11.5 Å². The number of carboxylic acid groups (broad SMARTS) is 1. The highest BCUT2D eigenvalue weighted by Crippen LogP contribution is 2.35. The van der Waals surface area contributed by atoms with Crippen molar-refractivity contribution in [2.45, 2.75) is 17.4 Å². The molecule has 1 fully saturated rings. The van der Waals surface area contributed by atoms with E-state index in [0.29, 0.717) is 30.4 Å². The third-order valence-electron chi connectivity index (χ3n) is 4.70. The Morgan fingerprint density at radius 2 is 1.76 bits per heavy atom. The molecule has 0 aromatic heterocycles. The number of amides is 1. The van der Waals surface area contributed by atoms with Crippen molar-refractivity contribution in [3.63, 3.8) is 0 Å². The normalized spacial score (nSPS) is 18.7. The SMILES string of the molecule is O=C(O)c1ccc(S(=O)(=O)NC2CC(=O)N(c3ccc4c(c3)OCCO4)C2)cc1. The molecule has 1 atom stereocenters. The molecule has 0 bridgehead atoms. The van der Waals surface area contributed by atoms with Gasteiger partial charge in [0.15, 0.2) is 11.5 Å². The number of rotatable bonds is 5. The Labute approximate surface area is 166 Å². The minimum Gasteiger partial charge on any atom is -0.486 e. The van der Waals surface area contributed by atoms with E-state index < -0.39 is 22.0 Å². The molecule has 2 aromatic rings. The quantitative estimate of drug-likeness (QED) is 0.749. The average Bonchev–Trinajstić information content (AvgIpc) is 3.07. The van der Waals surface area contributed by atoms with Gasteiger partial charge in [0.1, 0.15) is 13.2 Å². The van der Waals surface area contributed by atoms with E-state index in [0.717, 1.165) is 0 Å². The van der Waals surface area contributed by atoms with Crippen molar-refractivity contribution < 1.29 is 32.6 Å². The number of carbonyl (C=O) groups excluding carboxylic acids is 1. The number of nitrogens with one attached hydrogen (secondary N) is 1. The lowest BCUT2D eigenvalue weighted by atomic mass is 10.2. The molecule has 1 saturated heterocycles. The molecule has 0 spiro atoms. The minimum absolute atomic E-state index is 0.00947. The molecule has 4 rings (SSSR count). The molecule has 2 aromatic carbocycles. The number of aromatic carboxylic acids is 1. The van der Waals surface area contributed by atoms with E-state index in [1.807, 2.05) is 0 Å². The molecule has 1 unspecified atom stereocenters. The lowest BCUT2D eigenvalue weighted by Crippen LogP contribution is -2.37. The number of anilines is 1. The standard InChI is InChI=1S/C19H18N2O7S/c22-18-9-13(20-29(25,26)15-4-1-12(2-5-15)19(23)24)11-21(18)14-3-6-16-17(10-14)28-8-7-27-16/h1-6,10,13,20H,7-9,11H2,(H,23,24). The first-order valence-electron chi connectivity index (χ1n) is 8.89. The molecule has 29 heavy (non-hydrogen) atoms. The zero-order valence-electron chi connectivity index (χ0n) is 15.2. The number of sulfonamides is 1. The first kappa shape index (κ1) is 19.2. The Balaban J connectivity index is 1.48. The van der Waals surface area contributed by atoms with Gasteiger partial charge in [-0.1, -0.05) is 0 Å². The zero-order chi connectivity index (χ0) is 20.6. The number of hydrogen-bond acceptors (Lipinski definition) is 6. The number of ether oxygens (including phenoxy) is 2. The summed E-state index contributed by atoms with van der Waals surface area (Å²) in [5.74, 6) is -0.202. The van der Waals surface area contributed by atoms with E-state index in [4.69, 9.17) is 14.6 Å². The monoisotopic (exact) mass is 418 g/mol. The summed E-state index contributed by atoms with van der Waals surface area (Å²) in [5.41, 5.74) is 0.594. The Morgan fingerprint density at radius 3 is 2.45 bits per heavy atom. The molecule has 1 amide bonds. The molecule has 0 saturated carbocycles. The van der Waals surface area contributed by atoms with Crippen molar-refractivity contribution in [3.05, 3.63) is 48.0 Å². The third-order valence-corrected chi connectivity index (χ3v) is 6.23. The maximum absolute atomic E-state index is 12.6. The molecule has 0 radical (unpaired) electrons. The van der Waals surface area contributed by atoms with E-state index in [-0.39, 0.29) is 29.3 Å². The number of carbonyl (C=O) groups is 2. The highest BCUT2D eigenvalue weighted by atomic mass is 32.2. The van der Waals surface area contributed by atoms with Gasteiger partial charge in [-0.05, 0) is 36.4 Å². The number of nitrogens with zero attached hydrogens (tertiary/aromatic N) is 1. The van der Waals surface area contributed by atoms with Crippen LogP contribution >= 0.6 is 0 Å². The van der Waals surface area contributed by atoms with Gasteiger partial charge in [0.25, 0.3) is 0 Å². The van der Waals surface area contributed by atoms with Crippen LogP contribution in [0.15, 0.2) is 47.4 Å². The fraction of sp³-hybridized carbons (Fsp3) is 0.263. The second-order valence-corrected chi connectivity index (χ2v) is 8.40. The molecule has 2 N–H and O–H groups in total. The summed E-state index contributed by atoms with van der Waals surface area (Å²) in [6.45, 7) is 1.06. The van der Waals surface area contributed by atoms with E-state index in [1.165, 1.54) is 29.2 Å². The summed E-state index contributed by atoms with van der Waals surface area (Å²) >= 11 is 0. The average molecular weight is 418 g/mol. The lowest BCUT2D eigenvalue weighted by molar-refractivity contribution is -0.117. The third kappa shape index (κ3) is 3.89. The topological polar surface area (TPSA) is 122 Å². The molecule has 2 aliphatic heterocycles. The molecule has 2 heterocycles. The molecule has 2 aliphatic rings. The van der Waals surface area contributed by atoms with Crippen molar-refractivity contribution >= 4 is 27.6 Å². The van der Waals surface area contributed by atoms with Gasteiger partial charge in [0.05, 0.1) is 10.5 Å². The number of fused-ring (bicyclic) bond motifs is 1. The molecular formula is C19H18N2O7S. The van der Waals surface area contributed by atoms with Gasteiger partial charge in [-0.3, -0.25) is 4.79 Å². The highest BCUT2D eigenvalue weighted by Gasteiger charge is 2.34. The van der Waals surface area contributed by atoms with Gasteiger partial charge in [0.2, 0.25) is 15.9 Å². The predicted octanol–water partition coefficient (Wildman–Crippen LogP) is 1.24. The van der Waals surface area contributed by atoms with Gasteiger partial charge in [-0.2, -0.15) is 0 Å². The van der Waals surface area contributed by atoms with Crippen LogP contribution < -0.4 is 19.1 Å². The van der Waals surface area contributed by atoms with Gasteiger partial charge in [-0.25, -0.2) is 17.9 Å². The fourth-order valence-electron chi connectivity index (χ4n) is 3.30. The molecule has 152 valence electrons. The predicted molar refractivity (Wildman–Crippen MR) is 102 cm³/mol. The van der Waals surface area contributed by atoms with Crippen LogP contribution in [0.25, 0.3) is 0 Å². The van der Waals surface area contributed by atoms with Crippen molar-refractivity contribution in [2.24, 2.45) is 0 Å². The fourth-order valence-corrected chi connectivity index (χ4v) is 4.53. The maximum Gasteiger partial charge on any atom is 0.335 e. The van der Waals surface area contributed by atoms with Crippen LogP contribution in [0, 0.1) is 0 Å². The Morgan fingerprint density at radius 1 is 1.07 bits per heavy atom. The Bertz CT molecular complexity index is 1070. The Kier molecular flexibility index (Phi) is 4.89. The number of hydrogen-bond donors (Lipinski definition) is 2. The van der Waals surface area contributed by atoms with E-state index in [1.54, 1.807) is 18.2 Å². The lowest BCUT2D eigenvalue weighted by Gasteiger charge is -2.22. The summed E-state index contributed by atoms with van der Waals surface area (Å²) in [6, 6.07) is 9.43. The molecule has 0 aliphatic carbocycles. The van der Waals surface area contributed by atoms with Crippen LogP contribution in [0.4, 0.5) is 5.69 Å². The largest absolute Gasteiger partial charge is 0.486 e. The molecule has 9 nitrogen and oxygen atoms in total. The summed E-state index contributed by atoms with van der Waals surface area (Å²) in [7, 11) is -3.90. The number of carboxylic acids is 1. The maximum atomic E-state index is 12.6. The second kappa shape index (κ2) is 7.37. The van der Waals surface area contributed by atoms with Gasteiger partial charge < -0.3 is 19.5 Å².